The maximum absolute atomic E-state index is 14.7. The highest BCUT2D eigenvalue weighted by atomic mass is 32.1. The number of carbonyl (C=O) groups is 8. The molecule has 8 aliphatic rings. The predicted octanol–water partition coefficient (Wildman–Crippen LogP) is 13.4. The molecule has 4 aromatic heterocycles. The molecule has 27 heteroatoms. The molecule has 8 aromatic rings. The van der Waals surface area contributed by atoms with Crippen LogP contribution in [0, 0.1) is 11.8 Å². The van der Waals surface area contributed by atoms with Crippen LogP contribution in [0.25, 0.3) is 43.2 Å². The third-order valence-corrected chi connectivity index (χ3v) is 24.6. The number of ether oxygens (including phenoxy) is 5. The first-order valence-electron chi connectivity index (χ1n) is 40.7. The molecule has 25 nitrogen and oxygen atoms in total. The largest absolute Gasteiger partial charge is 0.479 e. The molecule has 6 amide bonds. The first-order valence-corrected chi connectivity index (χ1v) is 42.4. The lowest BCUT2D eigenvalue weighted by Crippen LogP contribution is -2.56. The molecule has 0 radical (unpaired) electrons. The summed E-state index contributed by atoms with van der Waals surface area (Å²) >= 11 is 3.01. The van der Waals surface area contributed by atoms with Crippen molar-refractivity contribution in [2.75, 3.05) is 26.3 Å². The lowest BCUT2D eigenvalue weighted by Gasteiger charge is -2.29. The summed E-state index contributed by atoms with van der Waals surface area (Å²) < 4.78 is 30.3. The minimum absolute atomic E-state index is 0.0363. The number of esters is 1. The van der Waals surface area contributed by atoms with Gasteiger partial charge >= 0.3 is 24.1 Å². The van der Waals surface area contributed by atoms with Crippen molar-refractivity contribution in [2.45, 2.75) is 214 Å². The summed E-state index contributed by atoms with van der Waals surface area (Å²) in [5.41, 5.74) is 3.40. The van der Waals surface area contributed by atoms with E-state index in [0.717, 1.165) is 112 Å². The number of benzene rings is 4. The maximum Gasteiger partial charge on any atom is 0.408 e. The van der Waals surface area contributed by atoms with Gasteiger partial charge in [0.2, 0.25) is 35.4 Å². The number of thiophene rings is 2. The monoisotopic (exact) mass is 1600 g/mol. The molecular weight excluding hydrogens is 1500 g/mol. The van der Waals surface area contributed by atoms with Crippen molar-refractivity contribution < 1.29 is 72.3 Å². The second-order valence-corrected chi connectivity index (χ2v) is 32.9. The smallest absolute Gasteiger partial charge is 0.408 e. The van der Waals surface area contributed by atoms with E-state index < -0.39 is 95.2 Å². The van der Waals surface area contributed by atoms with Crippen LogP contribution < -0.4 is 30.7 Å². The Balaban J connectivity index is 0.000000173. The molecule has 6 fully saturated rings. The van der Waals surface area contributed by atoms with Crippen LogP contribution in [0.1, 0.15) is 152 Å². The molecule has 2 saturated heterocycles. The van der Waals surface area contributed by atoms with E-state index in [1.165, 1.54) is 38.0 Å². The molecule has 604 valence electrons. The number of allylic oxidation sites excluding steroid dienone is 2. The molecular formula is C88H100N10O15S2. The molecule has 115 heavy (non-hydrogen) atoms. The van der Waals surface area contributed by atoms with Crippen LogP contribution in [0.2, 0.25) is 0 Å². The fraction of sp³-hybridized carbons (Fsp3) is 0.455. The van der Waals surface area contributed by atoms with Crippen molar-refractivity contribution in [3.05, 3.63) is 180 Å². The number of hydrogen-bond donors (Lipinski definition) is 6. The number of aliphatic hydroxyl groups excluding tert-OH is 1. The van der Waals surface area contributed by atoms with E-state index in [0.29, 0.717) is 77.9 Å². The van der Waals surface area contributed by atoms with Gasteiger partial charge in [-0.05, 0) is 167 Å². The zero-order chi connectivity index (χ0) is 79.7. The van der Waals surface area contributed by atoms with Crippen molar-refractivity contribution in [3.63, 3.8) is 0 Å². The summed E-state index contributed by atoms with van der Waals surface area (Å²) in [6, 6.07) is 38.6. The molecule has 4 aliphatic heterocycles. The molecule has 16 rings (SSSR count). The Kier molecular flexibility index (Phi) is 26.9. The Morgan fingerprint density at radius 2 is 0.904 bits per heavy atom. The number of aliphatic hydroxyl groups is 1. The van der Waals surface area contributed by atoms with Gasteiger partial charge in [-0.2, -0.15) is 0 Å². The molecule has 2 unspecified atom stereocenters. The maximum atomic E-state index is 14.7. The molecule has 6 N–H and O–H groups in total. The SMILES string of the molecule is O=C(N[C@H]1CCCCC/C=C\C2C[C@@]2(C(=O)O)NC(=O)[C@@H]2C[C@@H](Oc3nc4ccccc4nc3-c3cccs3)CN2C1=O)OC1CCCC1.O=C(N[C@H]1CCCCC/C=C\C2C[C@@]2(C(=O)OCCc2ccccc2)NC(=O)[C@@H]2C[C@@H](Oc3nc4ccccc4nc3-c3cccs3)CN2C1=O)OC1CCCC1.OCCc1ccccc1. The Morgan fingerprint density at radius 3 is 1.35 bits per heavy atom. The van der Waals surface area contributed by atoms with E-state index in [4.69, 9.17) is 48.7 Å². The summed E-state index contributed by atoms with van der Waals surface area (Å²) in [5.74, 6) is -3.45. The van der Waals surface area contributed by atoms with Crippen LogP contribution in [0.15, 0.2) is 169 Å². The minimum atomic E-state index is -1.43. The van der Waals surface area contributed by atoms with E-state index >= 15 is 0 Å². The molecule has 4 aliphatic carbocycles. The van der Waals surface area contributed by atoms with E-state index in [-0.39, 0.29) is 75.5 Å². The average Bonchev–Trinajstić information content (AvgIpc) is 1.58. The number of para-hydroxylation sites is 4. The molecule has 4 aromatic carbocycles. The van der Waals surface area contributed by atoms with Gasteiger partial charge in [0, 0.05) is 37.7 Å². The van der Waals surface area contributed by atoms with Crippen LogP contribution >= 0.6 is 22.7 Å². The quantitative estimate of drug-likeness (QED) is 0.0280. The molecule has 0 bridgehead atoms. The Bertz CT molecular complexity index is 4760. The Morgan fingerprint density at radius 1 is 0.487 bits per heavy atom. The van der Waals surface area contributed by atoms with Gasteiger partial charge in [0.25, 0.3) is 0 Å². The summed E-state index contributed by atoms with van der Waals surface area (Å²) in [4.78, 5) is 134. The van der Waals surface area contributed by atoms with Crippen molar-refractivity contribution in [2.24, 2.45) is 11.8 Å². The number of carboxylic acid groups (broad SMARTS) is 1. The van der Waals surface area contributed by atoms with Gasteiger partial charge in [-0.3, -0.25) is 19.2 Å². The van der Waals surface area contributed by atoms with Crippen LogP contribution in [0.3, 0.4) is 0 Å². The standard InChI is InChI=1S/C44H49N5O7S.C36H41N5O7S.C8H10O/c50-39-36-26-32(55-40-38(37-22-13-25-57-37)45-33-19-11-12-20-34(33)46-40)28-49(36)41(51)35(47-43(53)56-31-17-9-10-18-31)21-8-3-1-2-7-16-30-27-44(30,48-39)42(52)54-24-23-29-14-5-4-6-15-29;42-31-28-19-24(47-32-30(29-17-10-18-49-29)37-25-14-8-9-15-26(25)38-32)21-41(28)33(43)27(39-35(46)48-23-12-6-7-13-23)16-5-3-1-2-4-11-22-20-36(22,40-31)34(44)45;9-7-6-8-4-2-1-3-5-8/h4-7,11-16,19-20,22,25,30-32,35-36H,1-3,8-10,17-18,21,23-24,26-28H2,(H,47,53)(H,48,50);4,8-11,14-15,17-18,22-24,27-28H,1-3,5-7,12-13,16,19-21H2,(H,39,46)(H,40,42)(H,44,45);1-5,9H,6-7H2/b16-7-;11-4-;/t30?,32-,35+,36+,44-;22?,24-,27+,28+,36-;/m11./s1. The van der Waals surface area contributed by atoms with Crippen LogP contribution in [-0.2, 0) is 55.8 Å². The zero-order valence-corrected chi connectivity index (χ0v) is 66.1. The second-order valence-electron chi connectivity index (χ2n) is 31.0. The van der Waals surface area contributed by atoms with E-state index in [2.05, 4.69) is 27.3 Å². The van der Waals surface area contributed by atoms with Crippen LogP contribution in [0.4, 0.5) is 9.59 Å². The summed E-state index contributed by atoms with van der Waals surface area (Å²) in [5, 5.41) is 34.2. The van der Waals surface area contributed by atoms with Gasteiger partial charge in [-0.15, -0.1) is 22.7 Å². The topological polar surface area (TPSA) is 329 Å². The summed E-state index contributed by atoms with van der Waals surface area (Å²) in [6.07, 6.45) is 21.5. The number of carboxylic acids is 1. The normalized spacial score (nSPS) is 25.7. The van der Waals surface area contributed by atoms with Crippen LogP contribution in [-0.4, -0.2) is 174 Å². The lowest BCUT2D eigenvalue weighted by atomic mass is 10.0. The lowest BCUT2D eigenvalue weighted by molar-refractivity contribution is -0.150. The van der Waals surface area contributed by atoms with Gasteiger partial charge in [-0.1, -0.05) is 147 Å². The van der Waals surface area contributed by atoms with Crippen molar-refractivity contribution in [1.29, 1.82) is 0 Å². The number of nitrogens with zero attached hydrogens (tertiary/aromatic N) is 6. The zero-order valence-electron chi connectivity index (χ0n) is 64.4. The number of fused-ring (bicyclic) bond motifs is 6. The number of aliphatic carboxylic acids is 1. The van der Waals surface area contributed by atoms with Crippen LogP contribution in [0.5, 0.6) is 11.8 Å². The fourth-order valence-corrected chi connectivity index (χ4v) is 17.8. The predicted molar refractivity (Wildman–Crippen MR) is 434 cm³/mol. The molecule has 10 atom stereocenters. The average molecular weight is 1600 g/mol. The van der Waals surface area contributed by atoms with E-state index in [9.17, 15) is 43.5 Å². The van der Waals surface area contributed by atoms with Crippen molar-refractivity contribution in [3.8, 4) is 32.9 Å². The number of amides is 6. The number of rotatable bonds is 17. The highest BCUT2D eigenvalue weighted by Crippen LogP contribution is 2.48. The van der Waals surface area contributed by atoms with Gasteiger partial charge in [0.15, 0.2) is 0 Å². The first-order chi connectivity index (χ1) is 56.1. The van der Waals surface area contributed by atoms with Crippen molar-refractivity contribution >= 4 is 92.5 Å². The van der Waals surface area contributed by atoms with E-state index in [1.54, 1.807) is 0 Å². The number of carbonyl (C=O) groups excluding carboxylic acids is 7. The highest BCUT2D eigenvalue weighted by Gasteiger charge is 2.63. The minimum Gasteiger partial charge on any atom is -0.479 e. The Labute approximate surface area is 676 Å². The van der Waals surface area contributed by atoms with Gasteiger partial charge in [-0.25, -0.2) is 39.1 Å². The second kappa shape index (κ2) is 38.2. The number of nitrogens with one attached hydrogen (secondary N) is 4. The first kappa shape index (κ1) is 80.9. The van der Waals surface area contributed by atoms with Gasteiger partial charge in [0.05, 0.1) is 51.5 Å². The Hall–Kier alpha value is -10.6. The summed E-state index contributed by atoms with van der Waals surface area (Å²) in [7, 11) is 0. The van der Waals surface area contributed by atoms with Gasteiger partial charge < -0.3 is 65.0 Å². The number of hydrogen-bond acceptors (Lipinski definition) is 20. The van der Waals surface area contributed by atoms with Crippen molar-refractivity contribution in [1.82, 2.24) is 51.0 Å². The van der Waals surface area contributed by atoms with E-state index in [1.807, 2.05) is 162 Å². The third kappa shape index (κ3) is 20.4. The fourth-order valence-electron chi connectivity index (χ4n) is 16.4. The van der Waals surface area contributed by atoms with Gasteiger partial charge in [0.1, 0.15) is 71.0 Å². The molecule has 8 heterocycles. The number of alkyl carbamates (subject to hydrolysis) is 2. The molecule has 0 spiro atoms. The highest BCUT2D eigenvalue weighted by molar-refractivity contribution is 7.13. The molecule has 4 saturated carbocycles. The summed E-state index contributed by atoms with van der Waals surface area (Å²) in [6.45, 7) is 0.506. The third-order valence-electron chi connectivity index (χ3n) is 22.8. The number of aromatic nitrogens is 4.